The smallest absolute Gasteiger partial charge is 0.331 e. The van der Waals surface area contributed by atoms with Crippen molar-refractivity contribution in [2.45, 2.75) is 25.8 Å². The summed E-state index contributed by atoms with van der Waals surface area (Å²) in [6.07, 6.45) is 1.50. The van der Waals surface area contributed by atoms with E-state index in [9.17, 15) is 4.79 Å². The van der Waals surface area contributed by atoms with Crippen LogP contribution in [0.4, 0.5) is 0 Å². The fourth-order valence-corrected chi connectivity index (χ4v) is 1.40. The molecule has 112 valence electrons. The largest absolute Gasteiger partial charge is 0.478 e. The topological polar surface area (TPSA) is 58.6 Å². The van der Waals surface area contributed by atoms with E-state index in [0.717, 1.165) is 6.42 Å². The molecule has 4 heteroatoms. The highest BCUT2D eigenvalue weighted by atomic mass is 16.5. The summed E-state index contributed by atoms with van der Waals surface area (Å²) in [5.74, 6) is -0.952. The first-order valence-electron chi connectivity index (χ1n) is 6.62. The zero-order chi connectivity index (χ0) is 15.4. The minimum atomic E-state index is -0.952. The molecular weight excluding hydrogens is 254 g/mol. The lowest BCUT2D eigenvalue weighted by molar-refractivity contribution is -0.132. The van der Waals surface area contributed by atoms with E-state index in [-0.39, 0.29) is 5.57 Å². The highest BCUT2D eigenvalue weighted by Crippen LogP contribution is 2.01. The standard InChI is InChI=1S/C10H15N.C6H10O3/c1-9(11-2)8-10-6-4-3-5-7-10;1-5(6(7)8)3-4-9-2/h3-7,9,11H,8H2,1-2H3;1,3-4H2,2H3,(H,7,8). The molecule has 1 unspecified atom stereocenters. The van der Waals surface area contributed by atoms with Gasteiger partial charge in [-0.05, 0) is 26.0 Å². The lowest BCUT2D eigenvalue weighted by Gasteiger charge is -2.08. The molecule has 0 spiro atoms. The molecule has 20 heavy (non-hydrogen) atoms. The van der Waals surface area contributed by atoms with Gasteiger partial charge in [0.05, 0.1) is 6.61 Å². The molecule has 0 amide bonds. The Morgan fingerprint density at radius 3 is 2.45 bits per heavy atom. The number of carboxylic acids is 1. The van der Waals surface area contributed by atoms with Gasteiger partial charge < -0.3 is 15.2 Å². The fourth-order valence-electron chi connectivity index (χ4n) is 1.40. The van der Waals surface area contributed by atoms with Crippen LogP contribution in [0.2, 0.25) is 0 Å². The first kappa shape index (κ1) is 18.4. The normalized spacial score (nSPS) is 11.2. The Kier molecular flexibility index (Phi) is 10.3. The monoisotopic (exact) mass is 279 g/mol. The fraction of sp³-hybridized carbons (Fsp3) is 0.438. The van der Waals surface area contributed by atoms with Crippen molar-refractivity contribution in [1.82, 2.24) is 5.32 Å². The van der Waals surface area contributed by atoms with Crippen LogP contribution in [0, 0.1) is 0 Å². The lowest BCUT2D eigenvalue weighted by Crippen LogP contribution is -2.23. The number of benzene rings is 1. The SMILES string of the molecule is C=C(CCOC)C(=O)O.CNC(C)Cc1ccccc1. The van der Waals surface area contributed by atoms with E-state index in [1.54, 1.807) is 0 Å². The van der Waals surface area contributed by atoms with Crippen molar-refractivity contribution in [3.8, 4) is 0 Å². The van der Waals surface area contributed by atoms with Crippen molar-refractivity contribution in [3.63, 3.8) is 0 Å². The van der Waals surface area contributed by atoms with E-state index < -0.39 is 5.97 Å². The third-order valence-corrected chi connectivity index (χ3v) is 2.79. The number of carbonyl (C=O) groups is 1. The van der Waals surface area contributed by atoms with Crippen molar-refractivity contribution in [2.75, 3.05) is 20.8 Å². The number of ether oxygens (including phenoxy) is 1. The molecule has 1 aromatic carbocycles. The zero-order valence-electron chi connectivity index (χ0n) is 12.6. The molecule has 0 aliphatic rings. The molecule has 0 aliphatic heterocycles. The Labute approximate surface area is 121 Å². The summed E-state index contributed by atoms with van der Waals surface area (Å²) < 4.78 is 4.64. The molecule has 0 bridgehead atoms. The van der Waals surface area contributed by atoms with Crippen molar-refractivity contribution in [1.29, 1.82) is 0 Å². The zero-order valence-corrected chi connectivity index (χ0v) is 12.6. The number of hydrogen-bond acceptors (Lipinski definition) is 3. The summed E-state index contributed by atoms with van der Waals surface area (Å²) in [6, 6.07) is 11.1. The summed E-state index contributed by atoms with van der Waals surface area (Å²) in [4.78, 5) is 10.1. The van der Waals surface area contributed by atoms with Gasteiger partial charge in [-0.3, -0.25) is 0 Å². The maximum absolute atomic E-state index is 10.1. The number of nitrogens with one attached hydrogen (secondary N) is 1. The molecule has 2 N–H and O–H groups in total. The van der Waals surface area contributed by atoms with Gasteiger partial charge in [-0.2, -0.15) is 0 Å². The van der Waals surface area contributed by atoms with E-state index >= 15 is 0 Å². The Balaban J connectivity index is 0.000000370. The Morgan fingerprint density at radius 1 is 1.40 bits per heavy atom. The van der Waals surface area contributed by atoms with Gasteiger partial charge in [-0.15, -0.1) is 0 Å². The number of methoxy groups -OCH3 is 1. The summed E-state index contributed by atoms with van der Waals surface area (Å²) >= 11 is 0. The van der Waals surface area contributed by atoms with E-state index in [1.165, 1.54) is 12.7 Å². The van der Waals surface area contributed by atoms with Crippen LogP contribution in [0.5, 0.6) is 0 Å². The van der Waals surface area contributed by atoms with Gasteiger partial charge >= 0.3 is 5.97 Å². The minimum absolute atomic E-state index is 0.192. The third kappa shape index (κ3) is 9.30. The van der Waals surface area contributed by atoms with Crippen molar-refractivity contribution >= 4 is 5.97 Å². The molecule has 0 aromatic heterocycles. The van der Waals surface area contributed by atoms with Crippen molar-refractivity contribution < 1.29 is 14.6 Å². The highest BCUT2D eigenvalue weighted by molar-refractivity contribution is 5.85. The average Bonchev–Trinajstić information content (AvgIpc) is 2.46. The van der Waals surface area contributed by atoms with Gasteiger partial charge in [0.15, 0.2) is 0 Å². The van der Waals surface area contributed by atoms with Gasteiger partial charge in [0.2, 0.25) is 0 Å². The van der Waals surface area contributed by atoms with Crippen LogP contribution in [-0.4, -0.2) is 37.9 Å². The van der Waals surface area contributed by atoms with Crippen LogP contribution in [0.1, 0.15) is 18.9 Å². The second-order valence-electron chi connectivity index (χ2n) is 4.53. The Hall–Kier alpha value is -1.65. The first-order chi connectivity index (χ1) is 9.51. The number of rotatable bonds is 7. The minimum Gasteiger partial charge on any atom is -0.478 e. The van der Waals surface area contributed by atoms with Crippen molar-refractivity contribution in [2.24, 2.45) is 0 Å². The first-order valence-corrected chi connectivity index (χ1v) is 6.62. The summed E-state index contributed by atoms with van der Waals surface area (Å²) in [6.45, 7) is 5.92. The lowest BCUT2D eigenvalue weighted by atomic mass is 10.1. The quantitative estimate of drug-likeness (QED) is 0.753. The molecule has 4 nitrogen and oxygen atoms in total. The summed E-state index contributed by atoms with van der Waals surface area (Å²) in [5, 5.41) is 11.5. The van der Waals surface area contributed by atoms with Crippen LogP contribution in [0.25, 0.3) is 0 Å². The molecule has 0 saturated heterocycles. The van der Waals surface area contributed by atoms with Gasteiger partial charge in [0.1, 0.15) is 0 Å². The molecule has 0 aliphatic carbocycles. The van der Waals surface area contributed by atoms with Crippen molar-refractivity contribution in [3.05, 3.63) is 48.0 Å². The highest BCUT2D eigenvalue weighted by Gasteiger charge is 2.01. The maximum atomic E-state index is 10.1. The molecule has 1 rings (SSSR count). The Morgan fingerprint density at radius 2 is 2.00 bits per heavy atom. The van der Waals surface area contributed by atoms with E-state index in [2.05, 4.69) is 47.8 Å². The number of aliphatic carboxylic acids is 1. The van der Waals surface area contributed by atoms with Gasteiger partial charge in [-0.25, -0.2) is 4.79 Å². The Bertz CT molecular complexity index is 390. The number of hydrogen-bond donors (Lipinski definition) is 2. The molecule has 0 heterocycles. The molecule has 0 saturated carbocycles. The number of carboxylic acid groups (broad SMARTS) is 1. The average molecular weight is 279 g/mol. The van der Waals surface area contributed by atoms with E-state index in [0.29, 0.717) is 19.1 Å². The van der Waals surface area contributed by atoms with Gasteiger partial charge in [0.25, 0.3) is 0 Å². The van der Waals surface area contributed by atoms with Crippen LogP contribution in [0.15, 0.2) is 42.5 Å². The van der Waals surface area contributed by atoms with Crippen LogP contribution in [-0.2, 0) is 16.0 Å². The predicted molar refractivity (Wildman–Crippen MR) is 81.9 cm³/mol. The summed E-state index contributed by atoms with van der Waals surface area (Å²) in [7, 11) is 3.52. The van der Waals surface area contributed by atoms with Crippen LogP contribution in [0.3, 0.4) is 0 Å². The van der Waals surface area contributed by atoms with E-state index in [1.807, 2.05) is 13.1 Å². The molecule has 0 radical (unpaired) electrons. The van der Waals surface area contributed by atoms with Crippen LogP contribution < -0.4 is 5.32 Å². The number of likely N-dealkylation sites (N-methyl/N-ethyl adjacent to an activating group) is 1. The van der Waals surface area contributed by atoms with E-state index in [4.69, 9.17) is 5.11 Å². The van der Waals surface area contributed by atoms with Gasteiger partial charge in [0, 0.05) is 25.1 Å². The third-order valence-electron chi connectivity index (χ3n) is 2.79. The second kappa shape index (κ2) is 11.2. The molecule has 1 atom stereocenters. The summed E-state index contributed by atoms with van der Waals surface area (Å²) in [5.41, 5.74) is 1.59. The maximum Gasteiger partial charge on any atom is 0.331 e. The van der Waals surface area contributed by atoms with Gasteiger partial charge in [-0.1, -0.05) is 36.9 Å². The molecular formula is C16H25NO3. The predicted octanol–water partition coefficient (Wildman–Crippen LogP) is 2.50. The molecule has 1 aromatic rings. The molecule has 0 fully saturated rings. The van der Waals surface area contributed by atoms with Crippen LogP contribution >= 0.6 is 0 Å². The second-order valence-corrected chi connectivity index (χ2v) is 4.53.